The van der Waals surface area contributed by atoms with Crippen LogP contribution in [0.1, 0.15) is 13.8 Å². The molecule has 1 aromatic rings. The number of hydrogen-bond acceptors (Lipinski definition) is 2. The molecule has 82 valence electrons. The van der Waals surface area contributed by atoms with Crippen LogP contribution in [0.2, 0.25) is 5.02 Å². The Morgan fingerprint density at radius 2 is 2.20 bits per heavy atom. The second-order valence-electron chi connectivity index (χ2n) is 3.57. The second-order valence-corrected chi connectivity index (χ2v) is 4.01. The van der Waals surface area contributed by atoms with Crippen LogP contribution in [0.3, 0.4) is 0 Å². The fraction of sp³-hybridized carbons (Fsp3) is 0.333. The molecule has 0 spiro atoms. The summed E-state index contributed by atoms with van der Waals surface area (Å²) in [6.45, 7) is 7.24. The molecule has 15 heavy (non-hydrogen) atoms. The van der Waals surface area contributed by atoms with E-state index >= 15 is 0 Å². The van der Waals surface area contributed by atoms with Gasteiger partial charge in [0.05, 0.1) is 0 Å². The van der Waals surface area contributed by atoms with Crippen molar-refractivity contribution in [1.82, 2.24) is 0 Å². The average molecular weight is 227 g/mol. The first-order chi connectivity index (χ1) is 7.00. The molecule has 1 aromatic carbocycles. The Labute approximate surface area is 95.1 Å². The zero-order valence-electron chi connectivity index (χ0n) is 8.90. The van der Waals surface area contributed by atoms with E-state index in [4.69, 9.17) is 16.3 Å². The highest BCUT2D eigenvalue weighted by Gasteiger charge is 2.16. The van der Waals surface area contributed by atoms with Crippen molar-refractivity contribution in [2.24, 2.45) is 0 Å². The fourth-order valence-corrected chi connectivity index (χ4v) is 1.40. The van der Waals surface area contributed by atoms with Gasteiger partial charge in [0.15, 0.2) is 0 Å². The van der Waals surface area contributed by atoms with Crippen molar-refractivity contribution < 1.29 is 9.84 Å². The van der Waals surface area contributed by atoms with Gasteiger partial charge in [-0.2, -0.15) is 0 Å². The monoisotopic (exact) mass is 226 g/mol. The third-order valence-electron chi connectivity index (χ3n) is 2.07. The maximum absolute atomic E-state index is 9.67. The third kappa shape index (κ3) is 3.57. The molecule has 1 N–H and O–H groups in total. The number of ether oxygens (including phenoxy) is 1. The van der Waals surface area contributed by atoms with Gasteiger partial charge in [-0.1, -0.05) is 24.2 Å². The van der Waals surface area contributed by atoms with Crippen molar-refractivity contribution in [3.63, 3.8) is 0 Å². The number of rotatable bonds is 4. The van der Waals surface area contributed by atoms with Crippen molar-refractivity contribution in [3.05, 3.63) is 41.4 Å². The van der Waals surface area contributed by atoms with Crippen LogP contribution in [0.4, 0.5) is 0 Å². The summed E-state index contributed by atoms with van der Waals surface area (Å²) in [5.41, 5.74) is 0.685. The molecule has 0 radical (unpaired) electrons. The summed E-state index contributed by atoms with van der Waals surface area (Å²) >= 11 is 5.81. The maximum Gasteiger partial charge on any atom is 0.126 e. The van der Waals surface area contributed by atoms with E-state index in [1.165, 1.54) is 0 Å². The quantitative estimate of drug-likeness (QED) is 0.800. The Balaban J connectivity index is 2.66. The van der Waals surface area contributed by atoms with E-state index in [2.05, 4.69) is 6.58 Å². The molecule has 0 aliphatic heterocycles. The first-order valence-corrected chi connectivity index (χ1v) is 5.14. The lowest BCUT2D eigenvalue weighted by Gasteiger charge is -2.20. The third-order valence-corrected chi connectivity index (χ3v) is 2.30. The fourth-order valence-electron chi connectivity index (χ4n) is 1.22. The summed E-state index contributed by atoms with van der Waals surface area (Å²) in [5, 5.41) is 10.3. The van der Waals surface area contributed by atoms with E-state index in [9.17, 15) is 5.11 Å². The average Bonchev–Trinajstić information content (AvgIpc) is 2.16. The molecule has 0 aliphatic carbocycles. The maximum atomic E-state index is 9.67. The van der Waals surface area contributed by atoms with Gasteiger partial charge in [-0.3, -0.25) is 0 Å². The number of aliphatic hydroxyl groups excluding tert-OH is 1. The van der Waals surface area contributed by atoms with Crippen molar-refractivity contribution in [2.45, 2.75) is 26.1 Å². The number of benzene rings is 1. The predicted octanol–water partition coefficient (Wildman–Crippen LogP) is 3.04. The zero-order chi connectivity index (χ0) is 11.4. The minimum atomic E-state index is -0.663. The Hall–Kier alpha value is -0.990. The van der Waals surface area contributed by atoms with E-state index in [-0.39, 0.29) is 6.10 Å². The molecule has 0 saturated carbocycles. The van der Waals surface area contributed by atoms with Crippen LogP contribution in [-0.4, -0.2) is 17.3 Å². The Morgan fingerprint density at radius 3 is 2.73 bits per heavy atom. The molecular weight excluding hydrogens is 212 g/mol. The molecule has 0 bridgehead atoms. The van der Waals surface area contributed by atoms with Crippen LogP contribution in [0.15, 0.2) is 36.4 Å². The summed E-state index contributed by atoms with van der Waals surface area (Å²) in [6, 6.07) is 7.09. The van der Waals surface area contributed by atoms with Crippen LogP contribution < -0.4 is 4.74 Å². The highest BCUT2D eigenvalue weighted by molar-refractivity contribution is 6.30. The van der Waals surface area contributed by atoms with Crippen LogP contribution in [0, 0.1) is 0 Å². The molecule has 2 nitrogen and oxygen atoms in total. The molecular formula is C12H15ClO2. The lowest BCUT2D eigenvalue weighted by Crippen LogP contribution is -2.29. The molecule has 3 heteroatoms. The van der Waals surface area contributed by atoms with Gasteiger partial charge in [0.1, 0.15) is 18.0 Å². The van der Waals surface area contributed by atoms with Crippen molar-refractivity contribution >= 4 is 11.6 Å². The molecule has 2 atom stereocenters. The first kappa shape index (κ1) is 12.1. The number of halogens is 1. The zero-order valence-corrected chi connectivity index (χ0v) is 9.66. The summed E-state index contributed by atoms with van der Waals surface area (Å²) in [4.78, 5) is 0. The van der Waals surface area contributed by atoms with Gasteiger partial charge in [-0.05, 0) is 37.6 Å². The SMILES string of the molecule is C=C(C)C(O)C(C)Oc1cccc(Cl)c1. The van der Waals surface area contributed by atoms with E-state index in [1.807, 2.05) is 0 Å². The molecule has 0 saturated heterocycles. The Morgan fingerprint density at radius 1 is 1.53 bits per heavy atom. The summed E-state index contributed by atoms with van der Waals surface area (Å²) in [6.07, 6.45) is -0.995. The van der Waals surface area contributed by atoms with Crippen LogP contribution in [0.5, 0.6) is 5.75 Å². The standard InChI is InChI=1S/C12H15ClO2/c1-8(2)12(14)9(3)15-11-6-4-5-10(13)7-11/h4-7,9,12,14H,1H2,2-3H3. The van der Waals surface area contributed by atoms with Gasteiger partial charge < -0.3 is 9.84 Å². The molecule has 0 fully saturated rings. The van der Waals surface area contributed by atoms with Gasteiger partial charge in [-0.15, -0.1) is 0 Å². The Bertz CT molecular complexity index is 349. The largest absolute Gasteiger partial charge is 0.488 e. The molecule has 0 heterocycles. The van der Waals surface area contributed by atoms with Gasteiger partial charge >= 0.3 is 0 Å². The topological polar surface area (TPSA) is 29.5 Å². The van der Waals surface area contributed by atoms with Crippen molar-refractivity contribution in [3.8, 4) is 5.75 Å². The van der Waals surface area contributed by atoms with E-state index in [0.29, 0.717) is 16.3 Å². The Kier molecular flexibility index (Phi) is 4.18. The summed E-state index contributed by atoms with van der Waals surface area (Å²) < 4.78 is 5.52. The van der Waals surface area contributed by atoms with Gasteiger partial charge in [-0.25, -0.2) is 0 Å². The van der Waals surface area contributed by atoms with Gasteiger partial charge in [0.2, 0.25) is 0 Å². The molecule has 0 amide bonds. The number of hydrogen-bond donors (Lipinski definition) is 1. The lowest BCUT2D eigenvalue weighted by molar-refractivity contribution is 0.0721. The van der Waals surface area contributed by atoms with Gasteiger partial charge in [0, 0.05) is 5.02 Å². The minimum Gasteiger partial charge on any atom is -0.488 e. The highest BCUT2D eigenvalue weighted by atomic mass is 35.5. The molecule has 1 rings (SSSR count). The first-order valence-electron chi connectivity index (χ1n) is 4.76. The second kappa shape index (κ2) is 5.19. The van der Waals surface area contributed by atoms with Crippen LogP contribution in [0.25, 0.3) is 0 Å². The highest BCUT2D eigenvalue weighted by Crippen LogP contribution is 2.19. The van der Waals surface area contributed by atoms with E-state index in [1.54, 1.807) is 38.1 Å². The van der Waals surface area contributed by atoms with Crippen LogP contribution in [-0.2, 0) is 0 Å². The lowest BCUT2D eigenvalue weighted by atomic mass is 10.1. The smallest absolute Gasteiger partial charge is 0.126 e. The van der Waals surface area contributed by atoms with E-state index in [0.717, 1.165) is 0 Å². The molecule has 0 aromatic heterocycles. The molecule has 2 unspecified atom stereocenters. The van der Waals surface area contributed by atoms with Crippen LogP contribution >= 0.6 is 11.6 Å². The summed E-state index contributed by atoms with van der Waals surface area (Å²) in [7, 11) is 0. The predicted molar refractivity (Wildman–Crippen MR) is 62.4 cm³/mol. The summed E-state index contributed by atoms with van der Waals surface area (Å²) in [5.74, 6) is 0.648. The molecule has 0 aliphatic rings. The minimum absolute atomic E-state index is 0.332. The van der Waals surface area contributed by atoms with Crippen molar-refractivity contribution in [1.29, 1.82) is 0 Å². The van der Waals surface area contributed by atoms with Crippen molar-refractivity contribution in [2.75, 3.05) is 0 Å². The number of aliphatic hydroxyl groups is 1. The normalized spacial score (nSPS) is 14.4. The van der Waals surface area contributed by atoms with Gasteiger partial charge in [0.25, 0.3) is 0 Å². The van der Waals surface area contributed by atoms with E-state index < -0.39 is 6.10 Å².